The van der Waals surface area contributed by atoms with Crippen LogP contribution < -0.4 is 0 Å². The first kappa shape index (κ1) is 8.43. The van der Waals surface area contributed by atoms with Crippen LogP contribution in [0.2, 0.25) is 19.6 Å². The van der Waals surface area contributed by atoms with E-state index in [4.69, 9.17) is 0 Å². The van der Waals surface area contributed by atoms with Crippen LogP contribution in [0.5, 0.6) is 0 Å². The molecule has 0 aliphatic heterocycles. The highest BCUT2D eigenvalue weighted by molar-refractivity contribution is 6.54. The molecule has 0 saturated heterocycles. The SMILES string of the molecule is C[Si](C)C.c1c[nH]cn1. The Morgan fingerprint density at radius 3 is 2.00 bits per heavy atom. The topological polar surface area (TPSA) is 28.7 Å². The smallest absolute Gasteiger partial charge is 0.0919 e. The first-order valence-electron chi connectivity index (χ1n) is 2.93. The van der Waals surface area contributed by atoms with Crippen LogP contribution in [-0.2, 0) is 0 Å². The molecule has 0 aliphatic carbocycles. The lowest BCUT2D eigenvalue weighted by Crippen LogP contribution is -1.84. The molecular formula is C6H13N2Si. The van der Waals surface area contributed by atoms with Crippen LogP contribution in [0.1, 0.15) is 0 Å². The Hall–Kier alpha value is -0.573. The monoisotopic (exact) mass is 141 g/mol. The van der Waals surface area contributed by atoms with E-state index in [1.165, 1.54) is 0 Å². The van der Waals surface area contributed by atoms with Gasteiger partial charge in [0.05, 0.1) is 6.33 Å². The van der Waals surface area contributed by atoms with Crippen LogP contribution >= 0.6 is 0 Å². The molecule has 1 aromatic heterocycles. The summed E-state index contributed by atoms with van der Waals surface area (Å²) in [6.45, 7) is 6.81. The number of nitrogens with zero attached hydrogens (tertiary/aromatic N) is 1. The maximum Gasteiger partial charge on any atom is 0.0919 e. The van der Waals surface area contributed by atoms with Crippen LogP contribution in [0.3, 0.4) is 0 Å². The largest absolute Gasteiger partial charge is 0.351 e. The van der Waals surface area contributed by atoms with Gasteiger partial charge in [0.1, 0.15) is 0 Å². The Balaban J connectivity index is 0.000000148. The summed E-state index contributed by atoms with van der Waals surface area (Å²) < 4.78 is 0. The summed E-state index contributed by atoms with van der Waals surface area (Å²) >= 11 is 0. The molecule has 0 aromatic carbocycles. The number of hydrogen-bond acceptors (Lipinski definition) is 1. The molecular weight excluding hydrogens is 128 g/mol. The summed E-state index contributed by atoms with van der Waals surface area (Å²) in [5.74, 6) is 0. The molecule has 0 atom stereocenters. The van der Waals surface area contributed by atoms with Gasteiger partial charge in [-0.15, -0.1) is 0 Å². The Labute approximate surface area is 57.9 Å². The van der Waals surface area contributed by atoms with Crippen molar-refractivity contribution in [2.45, 2.75) is 19.6 Å². The molecule has 9 heavy (non-hydrogen) atoms. The third-order valence-electron chi connectivity index (χ3n) is 0.406. The lowest BCUT2D eigenvalue weighted by atomic mass is 11.0. The second-order valence-corrected chi connectivity index (χ2v) is 5.26. The molecule has 1 N–H and O–H groups in total. The van der Waals surface area contributed by atoms with E-state index < -0.39 is 0 Å². The molecule has 1 heterocycles. The average molecular weight is 141 g/mol. The van der Waals surface area contributed by atoms with Crippen molar-refractivity contribution in [2.75, 3.05) is 0 Å². The van der Waals surface area contributed by atoms with Gasteiger partial charge in [-0.25, -0.2) is 4.98 Å². The Bertz CT molecular complexity index is 94.6. The predicted molar refractivity (Wildman–Crippen MR) is 41.9 cm³/mol. The fourth-order valence-electron chi connectivity index (χ4n) is 0.215. The van der Waals surface area contributed by atoms with E-state index in [-0.39, 0.29) is 8.80 Å². The van der Waals surface area contributed by atoms with Crippen LogP contribution in [0.25, 0.3) is 0 Å². The highest BCUT2D eigenvalue weighted by Crippen LogP contribution is 1.68. The van der Waals surface area contributed by atoms with Crippen molar-refractivity contribution in [3.63, 3.8) is 0 Å². The molecule has 0 saturated carbocycles. The Kier molecular flexibility index (Phi) is 5.21. The second-order valence-electron chi connectivity index (χ2n) is 2.26. The number of aromatic nitrogens is 2. The first-order chi connectivity index (χ1) is 4.23. The van der Waals surface area contributed by atoms with E-state index in [0.717, 1.165) is 0 Å². The summed E-state index contributed by atoms with van der Waals surface area (Å²) in [5, 5.41) is 0. The van der Waals surface area contributed by atoms with E-state index in [0.29, 0.717) is 0 Å². The van der Waals surface area contributed by atoms with Crippen molar-refractivity contribution in [3.8, 4) is 0 Å². The number of aromatic amines is 1. The fourth-order valence-corrected chi connectivity index (χ4v) is 0.215. The van der Waals surface area contributed by atoms with E-state index in [2.05, 4.69) is 29.6 Å². The number of nitrogens with one attached hydrogen (secondary N) is 1. The quantitative estimate of drug-likeness (QED) is 0.548. The zero-order chi connectivity index (χ0) is 7.11. The molecule has 0 unspecified atom stereocenters. The van der Waals surface area contributed by atoms with Gasteiger partial charge in [0.15, 0.2) is 0 Å². The summed E-state index contributed by atoms with van der Waals surface area (Å²) in [4.78, 5) is 6.42. The maximum atomic E-state index is 3.67. The maximum absolute atomic E-state index is 3.67. The molecule has 0 amide bonds. The van der Waals surface area contributed by atoms with Gasteiger partial charge in [-0.1, -0.05) is 19.6 Å². The van der Waals surface area contributed by atoms with E-state index in [1.807, 2.05) is 0 Å². The number of imidazole rings is 1. The highest BCUT2D eigenvalue weighted by Gasteiger charge is 1.72. The molecule has 2 nitrogen and oxygen atoms in total. The summed E-state index contributed by atoms with van der Waals surface area (Å²) in [6, 6.07) is 0. The number of rotatable bonds is 0. The minimum Gasteiger partial charge on any atom is -0.351 e. The molecule has 0 bridgehead atoms. The van der Waals surface area contributed by atoms with E-state index in [1.54, 1.807) is 18.7 Å². The molecule has 1 aromatic rings. The van der Waals surface area contributed by atoms with Crippen LogP contribution in [0.15, 0.2) is 18.7 Å². The van der Waals surface area contributed by atoms with Gasteiger partial charge < -0.3 is 4.98 Å². The summed E-state index contributed by atoms with van der Waals surface area (Å²) in [5.41, 5.74) is 0. The van der Waals surface area contributed by atoms with Crippen molar-refractivity contribution >= 4 is 8.80 Å². The van der Waals surface area contributed by atoms with Gasteiger partial charge in [-0.05, 0) is 0 Å². The van der Waals surface area contributed by atoms with Gasteiger partial charge in [-0.3, -0.25) is 0 Å². The summed E-state index contributed by atoms with van der Waals surface area (Å²) in [6.07, 6.45) is 5.08. The van der Waals surface area contributed by atoms with Gasteiger partial charge in [0.2, 0.25) is 0 Å². The predicted octanol–water partition coefficient (Wildman–Crippen LogP) is 1.78. The molecule has 51 valence electrons. The van der Waals surface area contributed by atoms with Gasteiger partial charge >= 0.3 is 0 Å². The lowest BCUT2D eigenvalue weighted by molar-refractivity contribution is 1.31. The standard InChI is InChI=1S/C3H4N2.C3H9Si/c1-2-5-3-4-1;1-4(2)3/h1-3H,(H,4,5);1-3H3. The lowest BCUT2D eigenvalue weighted by Gasteiger charge is -1.75. The third kappa shape index (κ3) is 11.2. The van der Waals surface area contributed by atoms with Crippen LogP contribution in [-0.4, -0.2) is 18.8 Å². The first-order valence-corrected chi connectivity index (χ1v) is 5.93. The molecule has 0 spiro atoms. The Morgan fingerprint density at radius 1 is 1.33 bits per heavy atom. The molecule has 1 rings (SSSR count). The second kappa shape index (κ2) is 5.56. The average Bonchev–Trinajstić information content (AvgIpc) is 2.11. The fraction of sp³-hybridized carbons (Fsp3) is 0.500. The van der Waals surface area contributed by atoms with Crippen molar-refractivity contribution < 1.29 is 0 Å². The van der Waals surface area contributed by atoms with Crippen LogP contribution in [0.4, 0.5) is 0 Å². The molecule has 1 radical (unpaired) electrons. The minimum atomic E-state index is 0.120. The zero-order valence-electron chi connectivity index (χ0n) is 6.18. The minimum absolute atomic E-state index is 0.120. The Morgan fingerprint density at radius 2 is 1.89 bits per heavy atom. The van der Waals surface area contributed by atoms with Gasteiger partial charge in [0.25, 0.3) is 0 Å². The molecule has 3 heteroatoms. The van der Waals surface area contributed by atoms with Gasteiger partial charge in [0, 0.05) is 21.2 Å². The van der Waals surface area contributed by atoms with E-state index in [9.17, 15) is 0 Å². The molecule has 0 fully saturated rings. The number of hydrogen-bond donors (Lipinski definition) is 1. The van der Waals surface area contributed by atoms with Crippen molar-refractivity contribution in [1.29, 1.82) is 0 Å². The van der Waals surface area contributed by atoms with Gasteiger partial charge in [-0.2, -0.15) is 0 Å². The highest BCUT2D eigenvalue weighted by atomic mass is 28.3. The van der Waals surface area contributed by atoms with Crippen LogP contribution in [0, 0.1) is 0 Å². The van der Waals surface area contributed by atoms with E-state index >= 15 is 0 Å². The number of H-pyrrole nitrogens is 1. The van der Waals surface area contributed by atoms with Crippen molar-refractivity contribution in [2.24, 2.45) is 0 Å². The normalized spacial score (nSPS) is 8.44. The summed E-state index contributed by atoms with van der Waals surface area (Å²) in [7, 11) is 0.120. The van der Waals surface area contributed by atoms with Crippen molar-refractivity contribution in [1.82, 2.24) is 9.97 Å². The zero-order valence-corrected chi connectivity index (χ0v) is 7.18. The van der Waals surface area contributed by atoms with Crippen molar-refractivity contribution in [3.05, 3.63) is 18.7 Å². The third-order valence-corrected chi connectivity index (χ3v) is 0.406. The molecule has 0 aliphatic rings.